The summed E-state index contributed by atoms with van der Waals surface area (Å²) in [7, 11) is 1.53. The minimum absolute atomic E-state index is 0.0633. The normalized spacial score (nSPS) is 10.2. The van der Waals surface area contributed by atoms with Gasteiger partial charge in [-0.15, -0.1) is 0 Å². The fourth-order valence-corrected chi connectivity index (χ4v) is 1.64. The fourth-order valence-electron chi connectivity index (χ4n) is 1.64. The fraction of sp³-hybridized carbons (Fsp3) is 0.308. The molecule has 2 aromatic rings. The molecule has 0 fully saturated rings. The highest BCUT2D eigenvalue weighted by molar-refractivity contribution is 5.89. The molecule has 6 nitrogen and oxygen atoms in total. The van der Waals surface area contributed by atoms with Crippen LogP contribution < -0.4 is 10.6 Å². The van der Waals surface area contributed by atoms with Gasteiger partial charge in [-0.05, 0) is 18.6 Å². The molecule has 0 radical (unpaired) electrons. The van der Waals surface area contributed by atoms with Gasteiger partial charge in [0, 0.05) is 25.7 Å². The summed E-state index contributed by atoms with van der Waals surface area (Å²) in [6.07, 6.45) is 0.568. The highest BCUT2D eigenvalue weighted by Gasteiger charge is 2.12. The first-order valence-electron chi connectivity index (χ1n) is 6.05. The van der Waals surface area contributed by atoms with Crippen LogP contribution in [0.1, 0.15) is 22.1 Å². The zero-order chi connectivity index (χ0) is 13.7. The molecule has 0 bridgehead atoms. The first-order valence-corrected chi connectivity index (χ1v) is 6.05. The van der Waals surface area contributed by atoms with E-state index in [1.165, 1.54) is 12.6 Å². The molecule has 1 amide bonds. The lowest BCUT2D eigenvalue weighted by atomic mass is 10.2. The molecule has 1 aromatic heterocycles. The number of carbonyl (C=O) groups excluding carboxylic acids is 1. The number of amides is 1. The van der Waals surface area contributed by atoms with E-state index in [1.807, 2.05) is 31.2 Å². The summed E-state index contributed by atoms with van der Waals surface area (Å²) in [4.78, 5) is 15.3. The summed E-state index contributed by atoms with van der Waals surface area (Å²) in [5.74, 6) is 0.162. The van der Waals surface area contributed by atoms with Gasteiger partial charge in [-0.2, -0.15) is 4.98 Å². The van der Waals surface area contributed by atoms with E-state index >= 15 is 0 Å². The molecule has 19 heavy (non-hydrogen) atoms. The third-order valence-corrected chi connectivity index (χ3v) is 2.70. The molecular formula is C13H16N4O2. The lowest BCUT2D eigenvalue weighted by Gasteiger charge is -2.07. The van der Waals surface area contributed by atoms with Crippen LogP contribution in [0.2, 0.25) is 0 Å². The van der Waals surface area contributed by atoms with E-state index in [0.29, 0.717) is 18.9 Å². The van der Waals surface area contributed by atoms with E-state index in [1.54, 1.807) is 0 Å². The maximum absolute atomic E-state index is 11.3. The molecule has 1 heterocycles. The van der Waals surface area contributed by atoms with E-state index in [2.05, 4.69) is 20.8 Å². The monoisotopic (exact) mass is 260 g/mol. The molecule has 0 aliphatic carbocycles. The number of aryl methyl sites for hydroxylation is 1. The molecule has 6 heteroatoms. The van der Waals surface area contributed by atoms with Gasteiger partial charge in [-0.3, -0.25) is 4.79 Å². The number of para-hydroxylation sites is 1. The van der Waals surface area contributed by atoms with Crippen molar-refractivity contribution in [2.75, 3.05) is 18.9 Å². The van der Waals surface area contributed by atoms with Crippen LogP contribution >= 0.6 is 0 Å². The van der Waals surface area contributed by atoms with Crippen LogP contribution in [0.15, 0.2) is 28.8 Å². The van der Waals surface area contributed by atoms with Crippen molar-refractivity contribution in [2.45, 2.75) is 13.3 Å². The SMILES string of the molecule is CNC(=O)c1noc(CCNc2ccccc2C)n1. The molecule has 100 valence electrons. The van der Waals surface area contributed by atoms with Crippen molar-refractivity contribution in [1.29, 1.82) is 0 Å². The van der Waals surface area contributed by atoms with Crippen LogP contribution in [-0.4, -0.2) is 29.6 Å². The molecule has 1 aromatic carbocycles. The van der Waals surface area contributed by atoms with Crippen LogP contribution in [0.4, 0.5) is 5.69 Å². The van der Waals surface area contributed by atoms with E-state index in [9.17, 15) is 4.79 Å². The molecule has 0 saturated carbocycles. The molecule has 0 aliphatic rings. The second kappa shape index (κ2) is 5.99. The summed E-state index contributed by atoms with van der Waals surface area (Å²) in [5, 5.41) is 9.33. The zero-order valence-electron chi connectivity index (χ0n) is 10.9. The van der Waals surface area contributed by atoms with Crippen molar-refractivity contribution in [3.05, 3.63) is 41.5 Å². The quantitative estimate of drug-likeness (QED) is 0.849. The number of hydrogen-bond acceptors (Lipinski definition) is 5. The van der Waals surface area contributed by atoms with E-state index in [0.717, 1.165) is 5.69 Å². The van der Waals surface area contributed by atoms with E-state index < -0.39 is 0 Å². The van der Waals surface area contributed by atoms with Crippen molar-refractivity contribution < 1.29 is 9.32 Å². The summed E-state index contributed by atoms with van der Waals surface area (Å²) in [6, 6.07) is 8.03. The number of benzene rings is 1. The number of nitrogens with zero attached hydrogens (tertiary/aromatic N) is 2. The number of hydrogen-bond donors (Lipinski definition) is 2. The first-order chi connectivity index (χ1) is 9.20. The van der Waals surface area contributed by atoms with Crippen LogP contribution in [0, 0.1) is 6.92 Å². The van der Waals surface area contributed by atoms with Crippen LogP contribution in [-0.2, 0) is 6.42 Å². The minimum Gasteiger partial charge on any atom is -0.384 e. The van der Waals surface area contributed by atoms with Crippen molar-refractivity contribution in [3.8, 4) is 0 Å². The average Bonchev–Trinajstić information content (AvgIpc) is 2.89. The van der Waals surface area contributed by atoms with E-state index in [-0.39, 0.29) is 11.7 Å². The predicted molar refractivity (Wildman–Crippen MR) is 71.1 cm³/mol. The number of carbonyl (C=O) groups is 1. The van der Waals surface area contributed by atoms with E-state index in [4.69, 9.17) is 4.52 Å². The zero-order valence-corrected chi connectivity index (χ0v) is 10.9. The lowest BCUT2D eigenvalue weighted by molar-refractivity contribution is 0.0950. The van der Waals surface area contributed by atoms with Gasteiger partial charge in [0.2, 0.25) is 5.89 Å². The Morgan fingerprint density at radius 3 is 2.89 bits per heavy atom. The molecule has 0 atom stereocenters. The Morgan fingerprint density at radius 2 is 2.16 bits per heavy atom. The van der Waals surface area contributed by atoms with Gasteiger partial charge in [0.05, 0.1) is 0 Å². The molecule has 0 saturated heterocycles. The summed E-state index contributed by atoms with van der Waals surface area (Å²) < 4.78 is 4.99. The number of aromatic nitrogens is 2. The second-order valence-corrected chi connectivity index (χ2v) is 4.08. The van der Waals surface area contributed by atoms with Gasteiger partial charge in [0.15, 0.2) is 0 Å². The van der Waals surface area contributed by atoms with Gasteiger partial charge < -0.3 is 15.2 Å². The summed E-state index contributed by atoms with van der Waals surface area (Å²) in [6.45, 7) is 2.71. The standard InChI is InChI=1S/C13H16N4O2/c1-9-5-3-4-6-10(9)15-8-7-11-16-12(17-19-11)13(18)14-2/h3-6,15H,7-8H2,1-2H3,(H,14,18). The van der Waals surface area contributed by atoms with Gasteiger partial charge in [0.1, 0.15) is 0 Å². The first kappa shape index (κ1) is 13.1. The largest absolute Gasteiger partial charge is 0.384 e. The Hall–Kier alpha value is -2.37. The maximum Gasteiger partial charge on any atom is 0.292 e. The van der Waals surface area contributed by atoms with Crippen LogP contribution in [0.5, 0.6) is 0 Å². The second-order valence-electron chi connectivity index (χ2n) is 4.08. The van der Waals surface area contributed by atoms with Crippen LogP contribution in [0.3, 0.4) is 0 Å². The predicted octanol–water partition coefficient (Wildman–Crippen LogP) is 1.39. The summed E-state index contributed by atoms with van der Waals surface area (Å²) >= 11 is 0. The number of anilines is 1. The Morgan fingerprint density at radius 1 is 1.37 bits per heavy atom. The van der Waals surface area contributed by atoms with Gasteiger partial charge in [-0.1, -0.05) is 23.4 Å². The molecular weight excluding hydrogens is 244 g/mol. The van der Waals surface area contributed by atoms with Crippen molar-refractivity contribution in [2.24, 2.45) is 0 Å². The minimum atomic E-state index is -0.345. The van der Waals surface area contributed by atoms with Crippen molar-refractivity contribution in [1.82, 2.24) is 15.5 Å². The molecule has 0 aliphatic heterocycles. The summed E-state index contributed by atoms with van der Waals surface area (Å²) in [5.41, 5.74) is 2.26. The third kappa shape index (κ3) is 3.31. The Bertz CT molecular complexity index is 565. The van der Waals surface area contributed by atoms with Crippen LogP contribution in [0.25, 0.3) is 0 Å². The Balaban J connectivity index is 1.88. The number of nitrogens with one attached hydrogen (secondary N) is 2. The maximum atomic E-state index is 11.3. The Labute approximate surface area is 111 Å². The number of rotatable bonds is 5. The van der Waals surface area contributed by atoms with Crippen molar-refractivity contribution in [3.63, 3.8) is 0 Å². The van der Waals surface area contributed by atoms with Gasteiger partial charge >= 0.3 is 0 Å². The van der Waals surface area contributed by atoms with Gasteiger partial charge in [0.25, 0.3) is 11.7 Å². The molecule has 2 rings (SSSR count). The molecule has 0 spiro atoms. The topological polar surface area (TPSA) is 80.0 Å². The lowest BCUT2D eigenvalue weighted by Crippen LogP contribution is -2.19. The van der Waals surface area contributed by atoms with Crippen molar-refractivity contribution >= 4 is 11.6 Å². The average molecular weight is 260 g/mol. The smallest absolute Gasteiger partial charge is 0.292 e. The molecule has 0 unspecified atom stereocenters. The Kier molecular flexibility index (Phi) is 4.12. The highest BCUT2D eigenvalue weighted by atomic mass is 16.5. The highest BCUT2D eigenvalue weighted by Crippen LogP contribution is 2.12. The third-order valence-electron chi connectivity index (χ3n) is 2.70. The molecule has 2 N–H and O–H groups in total. The van der Waals surface area contributed by atoms with Gasteiger partial charge in [-0.25, -0.2) is 0 Å².